The summed E-state index contributed by atoms with van der Waals surface area (Å²) in [6, 6.07) is 14.8. The number of nitrogens with zero attached hydrogens (tertiary/aromatic N) is 1. The second-order valence-corrected chi connectivity index (χ2v) is 8.72. The van der Waals surface area contributed by atoms with E-state index in [9.17, 15) is 9.18 Å². The molecule has 1 N–H and O–H groups in total. The number of amides is 1. The summed E-state index contributed by atoms with van der Waals surface area (Å²) in [6.07, 6.45) is 1.48. The average molecular weight is 594 g/mol. The van der Waals surface area contributed by atoms with Gasteiger partial charge in [0.25, 0.3) is 5.91 Å². The molecule has 178 valence electrons. The van der Waals surface area contributed by atoms with Crippen molar-refractivity contribution in [1.29, 1.82) is 0 Å². The second kappa shape index (κ2) is 12.5. The van der Waals surface area contributed by atoms with Crippen LogP contribution in [0.3, 0.4) is 0 Å². The van der Waals surface area contributed by atoms with Gasteiger partial charge in [-0.05, 0) is 77.8 Å². The first-order chi connectivity index (χ1) is 16.4. The summed E-state index contributed by atoms with van der Waals surface area (Å²) < 4.78 is 32.0. The van der Waals surface area contributed by atoms with Gasteiger partial charge in [0.2, 0.25) is 0 Å². The third kappa shape index (κ3) is 7.04. The maximum absolute atomic E-state index is 13.5. The highest BCUT2D eigenvalue weighted by atomic mass is 79.9. The molecule has 1 amide bonds. The maximum Gasteiger partial charge on any atom is 0.271 e. The molecular formula is C25H23Br2FN2O4. The Hall–Kier alpha value is -2.91. The van der Waals surface area contributed by atoms with E-state index in [1.54, 1.807) is 36.4 Å². The van der Waals surface area contributed by atoms with Gasteiger partial charge in [-0.1, -0.05) is 28.1 Å². The van der Waals surface area contributed by atoms with Crippen molar-refractivity contribution >= 4 is 44.0 Å². The lowest BCUT2D eigenvalue weighted by atomic mass is 10.2. The molecule has 0 bridgehead atoms. The lowest BCUT2D eigenvalue weighted by molar-refractivity contribution is 0.0954. The molecule has 0 fully saturated rings. The molecule has 3 aromatic rings. The Labute approximate surface area is 214 Å². The normalized spacial score (nSPS) is 10.9. The monoisotopic (exact) mass is 592 g/mol. The molecule has 0 unspecified atom stereocenters. The molecule has 0 heterocycles. The lowest BCUT2D eigenvalue weighted by Gasteiger charge is -2.12. The molecule has 6 nitrogen and oxygen atoms in total. The van der Waals surface area contributed by atoms with E-state index in [-0.39, 0.29) is 12.4 Å². The zero-order valence-corrected chi connectivity index (χ0v) is 21.8. The number of benzene rings is 3. The molecule has 0 aromatic heterocycles. The predicted octanol–water partition coefficient (Wildman–Crippen LogP) is 6.49. The third-order valence-electron chi connectivity index (χ3n) is 4.48. The zero-order chi connectivity index (χ0) is 24.5. The lowest BCUT2D eigenvalue weighted by Crippen LogP contribution is -2.18. The standard InChI is InChI=1S/C25H23Br2FN2O4/c1-3-32-22-9-8-17(12-23(22)33-4-2)25(31)30-29-14-18-11-19(26)13-21(27)24(18)34-15-16-6-5-7-20(28)10-16/h5-14H,3-4,15H2,1-2H3,(H,30,31)/b29-14+. The molecular weight excluding hydrogens is 571 g/mol. The van der Waals surface area contributed by atoms with E-state index >= 15 is 0 Å². The van der Waals surface area contributed by atoms with Gasteiger partial charge in [-0.3, -0.25) is 4.79 Å². The number of nitrogens with one attached hydrogen (secondary N) is 1. The number of carbonyl (C=O) groups is 1. The number of ether oxygens (including phenoxy) is 3. The van der Waals surface area contributed by atoms with Crippen LogP contribution < -0.4 is 19.6 Å². The first-order valence-electron chi connectivity index (χ1n) is 10.5. The van der Waals surface area contributed by atoms with Crippen molar-refractivity contribution in [2.75, 3.05) is 13.2 Å². The van der Waals surface area contributed by atoms with E-state index in [1.165, 1.54) is 18.3 Å². The van der Waals surface area contributed by atoms with E-state index in [0.717, 1.165) is 4.47 Å². The predicted molar refractivity (Wildman–Crippen MR) is 136 cm³/mol. The molecule has 3 aromatic carbocycles. The van der Waals surface area contributed by atoms with Gasteiger partial charge in [-0.15, -0.1) is 0 Å². The van der Waals surface area contributed by atoms with Crippen molar-refractivity contribution in [3.63, 3.8) is 0 Å². The van der Waals surface area contributed by atoms with Gasteiger partial charge in [0, 0.05) is 15.6 Å². The average Bonchev–Trinajstić information content (AvgIpc) is 2.80. The summed E-state index contributed by atoms with van der Waals surface area (Å²) in [5.41, 5.74) is 4.19. The molecule has 34 heavy (non-hydrogen) atoms. The topological polar surface area (TPSA) is 69.2 Å². The molecule has 0 aliphatic heterocycles. The quantitative estimate of drug-likeness (QED) is 0.215. The van der Waals surface area contributed by atoms with Crippen LogP contribution in [-0.2, 0) is 6.61 Å². The van der Waals surface area contributed by atoms with E-state index in [4.69, 9.17) is 14.2 Å². The number of hydrogen-bond donors (Lipinski definition) is 1. The second-order valence-electron chi connectivity index (χ2n) is 6.95. The van der Waals surface area contributed by atoms with E-state index in [2.05, 4.69) is 42.4 Å². The fourth-order valence-corrected chi connectivity index (χ4v) is 4.40. The Morgan fingerprint density at radius 1 is 1.00 bits per heavy atom. The van der Waals surface area contributed by atoms with Crippen LogP contribution >= 0.6 is 31.9 Å². The SMILES string of the molecule is CCOc1ccc(C(=O)N/N=C/c2cc(Br)cc(Br)c2OCc2cccc(F)c2)cc1OCC. The summed E-state index contributed by atoms with van der Waals surface area (Å²) in [7, 11) is 0. The first-order valence-corrected chi connectivity index (χ1v) is 12.1. The van der Waals surface area contributed by atoms with Crippen LogP contribution in [0, 0.1) is 5.82 Å². The Bertz CT molecular complexity index is 1190. The van der Waals surface area contributed by atoms with Gasteiger partial charge in [-0.2, -0.15) is 5.10 Å². The van der Waals surface area contributed by atoms with Crippen LogP contribution in [-0.4, -0.2) is 25.3 Å². The fraction of sp³-hybridized carbons (Fsp3) is 0.200. The molecule has 0 atom stereocenters. The number of hydrogen-bond acceptors (Lipinski definition) is 5. The first kappa shape index (κ1) is 25.7. The Balaban J connectivity index is 1.74. The highest BCUT2D eigenvalue weighted by molar-refractivity contribution is 9.11. The van der Waals surface area contributed by atoms with Gasteiger partial charge in [0.05, 0.1) is 23.9 Å². The summed E-state index contributed by atoms with van der Waals surface area (Å²) in [6.45, 7) is 4.83. The van der Waals surface area contributed by atoms with Gasteiger partial charge in [-0.25, -0.2) is 9.82 Å². The zero-order valence-electron chi connectivity index (χ0n) is 18.6. The molecule has 3 rings (SSSR count). The van der Waals surface area contributed by atoms with Crippen LogP contribution in [0.2, 0.25) is 0 Å². The minimum Gasteiger partial charge on any atom is -0.490 e. The highest BCUT2D eigenvalue weighted by Crippen LogP contribution is 2.33. The summed E-state index contributed by atoms with van der Waals surface area (Å²) in [5, 5.41) is 4.09. The molecule has 0 radical (unpaired) electrons. The van der Waals surface area contributed by atoms with E-state index < -0.39 is 5.91 Å². The van der Waals surface area contributed by atoms with Crippen LogP contribution in [0.25, 0.3) is 0 Å². The fourth-order valence-electron chi connectivity index (χ4n) is 3.03. The van der Waals surface area contributed by atoms with Crippen LogP contribution in [0.1, 0.15) is 35.3 Å². The van der Waals surface area contributed by atoms with Gasteiger partial charge < -0.3 is 14.2 Å². The number of rotatable bonds is 10. The minimum atomic E-state index is -0.406. The van der Waals surface area contributed by atoms with E-state index in [1.807, 2.05) is 19.9 Å². The van der Waals surface area contributed by atoms with Crippen molar-refractivity contribution in [3.05, 3.63) is 86.1 Å². The van der Waals surface area contributed by atoms with Crippen LogP contribution in [0.4, 0.5) is 4.39 Å². The Morgan fingerprint density at radius 3 is 2.50 bits per heavy atom. The molecule has 0 aliphatic rings. The Morgan fingerprint density at radius 2 is 1.76 bits per heavy atom. The van der Waals surface area contributed by atoms with Crippen molar-refractivity contribution in [2.24, 2.45) is 5.10 Å². The van der Waals surface area contributed by atoms with Crippen LogP contribution in [0.15, 0.2) is 68.6 Å². The molecule has 0 spiro atoms. The summed E-state index contributed by atoms with van der Waals surface area (Å²) in [5.74, 6) is 0.831. The van der Waals surface area contributed by atoms with Crippen LogP contribution in [0.5, 0.6) is 17.2 Å². The van der Waals surface area contributed by atoms with Crippen molar-refractivity contribution in [2.45, 2.75) is 20.5 Å². The molecule has 9 heteroatoms. The van der Waals surface area contributed by atoms with E-state index in [0.29, 0.717) is 51.6 Å². The van der Waals surface area contributed by atoms with Gasteiger partial charge in [0.15, 0.2) is 11.5 Å². The smallest absolute Gasteiger partial charge is 0.271 e. The summed E-state index contributed by atoms with van der Waals surface area (Å²) >= 11 is 6.92. The van der Waals surface area contributed by atoms with Crippen molar-refractivity contribution < 1.29 is 23.4 Å². The number of carbonyl (C=O) groups excluding carboxylic acids is 1. The Kier molecular flexibility index (Phi) is 9.47. The summed E-state index contributed by atoms with van der Waals surface area (Å²) in [4.78, 5) is 12.6. The molecule has 0 aliphatic carbocycles. The largest absolute Gasteiger partial charge is 0.490 e. The van der Waals surface area contributed by atoms with Crippen molar-refractivity contribution in [3.8, 4) is 17.2 Å². The number of hydrazone groups is 1. The van der Waals surface area contributed by atoms with Crippen molar-refractivity contribution in [1.82, 2.24) is 5.43 Å². The van der Waals surface area contributed by atoms with Gasteiger partial charge >= 0.3 is 0 Å². The third-order valence-corrected chi connectivity index (χ3v) is 5.53. The minimum absolute atomic E-state index is 0.164. The molecule has 0 saturated heterocycles. The van der Waals surface area contributed by atoms with Gasteiger partial charge in [0.1, 0.15) is 18.2 Å². The highest BCUT2D eigenvalue weighted by Gasteiger charge is 2.13. The number of halogens is 3. The maximum atomic E-state index is 13.5. The molecule has 0 saturated carbocycles.